The van der Waals surface area contributed by atoms with Crippen LogP contribution < -0.4 is 20.3 Å². The van der Waals surface area contributed by atoms with Gasteiger partial charge in [0.2, 0.25) is 17.7 Å². The topological polar surface area (TPSA) is 91.0 Å². The van der Waals surface area contributed by atoms with Crippen molar-refractivity contribution in [2.24, 2.45) is 0 Å². The number of hydrogen-bond donors (Lipinski definition) is 2. The zero-order valence-corrected chi connectivity index (χ0v) is 17.2. The maximum absolute atomic E-state index is 12.3. The molecule has 0 aromatic heterocycles. The Bertz CT molecular complexity index is 896. The van der Waals surface area contributed by atoms with Gasteiger partial charge in [0.15, 0.2) is 0 Å². The van der Waals surface area contributed by atoms with Gasteiger partial charge < -0.3 is 20.3 Å². The van der Waals surface area contributed by atoms with Gasteiger partial charge in [0.05, 0.1) is 20.2 Å². The summed E-state index contributed by atoms with van der Waals surface area (Å²) in [6.07, 6.45) is 1.45. The van der Waals surface area contributed by atoms with E-state index in [4.69, 9.17) is 4.74 Å². The lowest BCUT2D eigenvalue weighted by Gasteiger charge is -2.17. The normalized spacial score (nSPS) is 13.4. The predicted molar refractivity (Wildman–Crippen MR) is 116 cm³/mol. The number of benzene rings is 2. The number of ether oxygens (including phenoxy) is 1. The van der Waals surface area contributed by atoms with Crippen LogP contribution in [0.25, 0.3) is 0 Å². The first-order valence-corrected chi connectivity index (χ1v) is 9.77. The van der Waals surface area contributed by atoms with Crippen molar-refractivity contribution in [2.75, 3.05) is 49.3 Å². The molecule has 1 saturated heterocycles. The van der Waals surface area contributed by atoms with E-state index >= 15 is 0 Å². The predicted octanol–water partition coefficient (Wildman–Crippen LogP) is 2.33. The van der Waals surface area contributed by atoms with Gasteiger partial charge in [0.1, 0.15) is 5.75 Å². The standard InChI is InChI=1S/C22H26N4O4/c1-25(15-21(28)24-17-7-11-19(30-2)12-8-17)14-20(27)23-16-5-9-18(10-6-16)26-13-3-4-22(26)29/h5-12H,3-4,13-15H2,1-2H3,(H,23,27)(H,24,28). The van der Waals surface area contributed by atoms with Crippen LogP contribution in [0, 0.1) is 0 Å². The average molecular weight is 410 g/mol. The Morgan fingerprint density at radius 2 is 1.50 bits per heavy atom. The molecule has 0 radical (unpaired) electrons. The van der Waals surface area contributed by atoms with Gasteiger partial charge in [-0.15, -0.1) is 0 Å². The quantitative estimate of drug-likeness (QED) is 0.697. The second-order valence-electron chi connectivity index (χ2n) is 7.19. The molecular weight excluding hydrogens is 384 g/mol. The number of hydrogen-bond acceptors (Lipinski definition) is 5. The summed E-state index contributed by atoms with van der Waals surface area (Å²) in [6, 6.07) is 14.2. The van der Waals surface area contributed by atoms with Gasteiger partial charge in [-0.05, 0) is 62.0 Å². The summed E-state index contributed by atoms with van der Waals surface area (Å²) in [4.78, 5) is 39.6. The SMILES string of the molecule is COc1ccc(NC(=O)CN(C)CC(=O)Nc2ccc(N3CCCC3=O)cc2)cc1. The molecule has 0 unspecified atom stereocenters. The van der Waals surface area contributed by atoms with Crippen molar-refractivity contribution in [3.05, 3.63) is 48.5 Å². The Balaban J connectivity index is 1.44. The van der Waals surface area contributed by atoms with Crippen molar-refractivity contribution in [3.8, 4) is 5.75 Å². The first-order valence-electron chi connectivity index (χ1n) is 9.77. The molecule has 2 aromatic carbocycles. The molecule has 1 fully saturated rings. The number of rotatable bonds is 8. The third-order valence-corrected chi connectivity index (χ3v) is 4.74. The van der Waals surface area contributed by atoms with Crippen molar-refractivity contribution < 1.29 is 19.1 Å². The highest BCUT2D eigenvalue weighted by Gasteiger charge is 2.21. The van der Waals surface area contributed by atoms with Crippen LogP contribution in [-0.4, -0.2) is 56.4 Å². The molecule has 0 atom stereocenters. The molecule has 1 aliphatic rings. The lowest BCUT2D eigenvalue weighted by Crippen LogP contribution is -2.36. The molecule has 30 heavy (non-hydrogen) atoms. The van der Waals surface area contributed by atoms with E-state index < -0.39 is 0 Å². The minimum atomic E-state index is -0.222. The van der Waals surface area contributed by atoms with E-state index in [-0.39, 0.29) is 30.8 Å². The summed E-state index contributed by atoms with van der Waals surface area (Å²) in [5, 5.41) is 5.59. The fourth-order valence-electron chi connectivity index (χ4n) is 3.27. The first-order chi connectivity index (χ1) is 14.4. The Labute approximate surface area is 175 Å². The zero-order chi connectivity index (χ0) is 21.5. The number of amides is 3. The second kappa shape index (κ2) is 9.89. The molecule has 158 valence electrons. The smallest absolute Gasteiger partial charge is 0.238 e. The van der Waals surface area contributed by atoms with Crippen LogP contribution in [0.15, 0.2) is 48.5 Å². The summed E-state index contributed by atoms with van der Waals surface area (Å²) < 4.78 is 5.09. The van der Waals surface area contributed by atoms with E-state index in [1.54, 1.807) is 60.4 Å². The summed E-state index contributed by atoms with van der Waals surface area (Å²) in [6.45, 7) is 0.881. The van der Waals surface area contributed by atoms with E-state index in [1.165, 1.54) is 0 Å². The van der Waals surface area contributed by atoms with Crippen LogP contribution in [0.3, 0.4) is 0 Å². The van der Waals surface area contributed by atoms with E-state index in [2.05, 4.69) is 10.6 Å². The maximum Gasteiger partial charge on any atom is 0.238 e. The highest BCUT2D eigenvalue weighted by molar-refractivity contribution is 5.97. The van der Waals surface area contributed by atoms with E-state index in [0.29, 0.717) is 23.5 Å². The Morgan fingerprint density at radius 1 is 0.967 bits per heavy atom. The molecule has 2 aromatic rings. The number of anilines is 3. The number of carbonyl (C=O) groups is 3. The number of nitrogens with zero attached hydrogens (tertiary/aromatic N) is 2. The van der Waals surface area contributed by atoms with Crippen LogP contribution in [0.1, 0.15) is 12.8 Å². The molecule has 2 N–H and O–H groups in total. The molecule has 8 nitrogen and oxygen atoms in total. The number of likely N-dealkylation sites (N-methyl/N-ethyl adjacent to an activating group) is 1. The van der Waals surface area contributed by atoms with Crippen molar-refractivity contribution >= 4 is 34.8 Å². The molecule has 0 spiro atoms. The third-order valence-electron chi connectivity index (χ3n) is 4.74. The van der Waals surface area contributed by atoms with Crippen molar-refractivity contribution in [2.45, 2.75) is 12.8 Å². The number of carbonyl (C=O) groups excluding carboxylic acids is 3. The molecule has 8 heteroatoms. The maximum atomic E-state index is 12.3. The van der Waals surface area contributed by atoms with Gasteiger partial charge in [-0.1, -0.05) is 0 Å². The molecule has 3 rings (SSSR count). The molecule has 0 bridgehead atoms. The van der Waals surface area contributed by atoms with Gasteiger partial charge >= 0.3 is 0 Å². The minimum Gasteiger partial charge on any atom is -0.497 e. The van der Waals surface area contributed by atoms with Gasteiger partial charge in [-0.25, -0.2) is 0 Å². The molecular formula is C22H26N4O4. The largest absolute Gasteiger partial charge is 0.497 e. The van der Waals surface area contributed by atoms with Crippen LogP contribution in [0.4, 0.5) is 17.1 Å². The monoisotopic (exact) mass is 410 g/mol. The van der Waals surface area contributed by atoms with Crippen molar-refractivity contribution in [1.29, 1.82) is 0 Å². The molecule has 1 heterocycles. The summed E-state index contributed by atoms with van der Waals surface area (Å²) >= 11 is 0. The van der Waals surface area contributed by atoms with Crippen LogP contribution >= 0.6 is 0 Å². The lowest BCUT2D eigenvalue weighted by atomic mass is 10.2. The lowest BCUT2D eigenvalue weighted by molar-refractivity contribution is -0.119. The Kier molecular flexibility index (Phi) is 7.03. The molecule has 3 amide bonds. The van der Waals surface area contributed by atoms with E-state index in [1.807, 2.05) is 12.1 Å². The van der Waals surface area contributed by atoms with Crippen molar-refractivity contribution in [3.63, 3.8) is 0 Å². The Hall–Kier alpha value is -3.39. The molecule has 1 aliphatic heterocycles. The second-order valence-corrected chi connectivity index (χ2v) is 7.19. The van der Waals surface area contributed by atoms with E-state index in [0.717, 1.165) is 18.7 Å². The highest BCUT2D eigenvalue weighted by Crippen LogP contribution is 2.23. The van der Waals surface area contributed by atoms with Crippen LogP contribution in [0.5, 0.6) is 5.75 Å². The fraction of sp³-hybridized carbons (Fsp3) is 0.318. The van der Waals surface area contributed by atoms with Crippen LogP contribution in [0.2, 0.25) is 0 Å². The summed E-state index contributed by atoms with van der Waals surface area (Å²) in [7, 11) is 3.28. The Morgan fingerprint density at radius 3 is 1.97 bits per heavy atom. The van der Waals surface area contributed by atoms with Gasteiger partial charge in [0, 0.05) is 30.0 Å². The van der Waals surface area contributed by atoms with E-state index in [9.17, 15) is 14.4 Å². The number of methoxy groups -OCH3 is 1. The molecule has 0 aliphatic carbocycles. The third kappa shape index (κ3) is 5.81. The van der Waals surface area contributed by atoms with Gasteiger partial charge in [-0.3, -0.25) is 19.3 Å². The zero-order valence-electron chi connectivity index (χ0n) is 17.2. The van der Waals surface area contributed by atoms with Crippen molar-refractivity contribution in [1.82, 2.24) is 4.90 Å². The first kappa shape index (κ1) is 21.3. The van der Waals surface area contributed by atoms with Gasteiger partial charge in [-0.2, -0.15) is 0 Å². The average Bonchev–Trinajstić information content (AvgIpc) is 3.14. The number of nitrogens with one attached hydrogen (secondary N) is 2. The fourth-order valence-corrected chi connectivity index (χ4v) is 3.27. The molecule has 0 saturated carbocycles. The minimum absolute atomic E-state index is 0.0718. The highest BCUT2D eigenvalue weighted by atomic mass is 16.5. The summed E-state index contributed by atoms with van der Waals surface area (Å²) in [5.74, 6) is 0.401. The summed E-state index contributed by atoms with van der Waals surface area (Å²) in [5.41, 5.74) is 2.14. The van der Waals surface area contributed by atoms with Gasteiger partial charge in [0.25, 0.3) is 0 Å². The van der Waals surface area contributed by atoms with Crippen LogP contribution in [-0.2, 0) is 14.4 Å².